The second-order valence-electron chi connectivity index (χ2n) is 5.60. The molecule has 0 heterocycles. The molecule has 1 aliphatic rings. The lowest BCUT2D eigenvalue weighted by Crippen LogP contribution is -2.29. The molecule has 0 saturated heterocycles. The van der Waals surface area contributed by atoms with Gasteiger partial charge in [-0.2, -0.15) is 0 Å². The molecule has 100 valence electrons. The second kappa shape index (κ2) is 8.74. The van der Waals surface area contributed by atoms with Crippen LogP contribution in [-0.2, 0) is 0 Å². The Hall–Kier alpha value is -0.300. The SMILES string of the molecule is CCCNCC(C1=CCCCC1)C(C)CCC. The Kier molecular flexibility index (Phi) is 7.59. The van der Waals surface area contributed by atoms with E-state index in [0.717, 1.165) is 11.8 Å². The van der Waals surface area contributed by atoms with Gasteiger partial charge in [-0.05, 0) is 50.5 Å². The van der Waals surface area contributed by atoms with Crippen LogP contribution in [0.2, 0.25) is 0 Å². The highest BCUT2D eigenvalue weighted by Gasteiger charge is 2.21. The van der Waals surface area contributed by atoms with Crippen molar-refractivity contribution in [2.24, 2.45) is 11.8 Å². The Morgan fingerprint density at radius 3 is 2.65 bits per heavy atom. The van der Waals surface area contributed by atoms with E-state index in [4.69, 9.17) is 0 Å². The second-order valence-corrected chi connectivity index (χ2v) is 5.60. The van der Waals surface area contributed by atoms with E-state index in [0.29, 0.717) is 0 Å². The van der Waals surface area contributed by atoms with E-state index < -0.39 is 0 Å². The maximum atomic E-state index is 3.63. The van der Waals surface area contributed by atoms with Crippen LogP contribution in [0.5, 0.6) is 0 Å². The normalized spacial score (nSPS) is 19.8. The molecule has 1 rings (SSSR count). The van der Waals surface area contributed by atoms with Crippen molar-refractivity contribution in [1.82, 2.24) is 5.32 Å². The maximum Gasteiger partial charge on any atom is 0.00194 e. The number of rotatable bonds is 8. The first-order chi connectivity index (χ1) is 8.29. The van der Waals surface area contributed by atoms with Crippen molar-refractivity contribution < 1.29 is 0 Å². The van der Waals surface area contributed by atoms with E-state index in [1.165, 1.54) is 58.0 Å². The van der Waals surface area contributed by atoms with Gasteiger partial charge in [0.05, 0.1) is 0 Å². The maximum absolute atomic E-state index is 3.63. The number of hydrogen-bond donors (Lipinski definition) is 1. The topological polar surface area (TPSA) is 12.0 Å². The van der Waals surface area contributed by atoms with Gasteiger partial charge in [-0.1, -0.05) is 45.3 Å². The number of nitrogens with one attached hydrogen (secondary N) is 1. The summed E-state index contributed by atoms with van der Waals surface area (Å²) in [5, 5.41) is 3.63. The zero-order valence-corrected chi connectivity index (χ0v) is 12.1. The van der Waals surface area contributed by atoms with E-state index >= 15 is 0 Å². The molecule has 1 N–H and O–H groups in total. The monoisotopic (exact) mass is 237 g/mol. The van der Waals surface area contributed by atoms with Crippen molar-refractivity contribution in [3.05, 3.63) is 11.6 Å². The molecule has 17 heavy (non-hydrogen) atoms. The molecule has 0 radical (unpaired) electrons. The van der Waals surface area contributed by atoms with Gasteiger partial charge in [0.1, 0.15) is 0 Å². The fourth-order valence-corrected chi connectivity index (χ4v) is 2.99. The summed E-state index contributed by atoms with van der Waals surface area (Å²) < 4.78 is 0. The van der Waals surface area contributed by atoms with E-state index in [1.54, 1.807) is 5.57 Å². The molecule has 0 aromatic carbocycles. The smallest absolute Gasteiger partial charge is 0.00194 e. The van der Waals surface area contributed by atoms with Gasteiger partial charge in [0.25, 0.3) is 0 Å². The largest absolute Gasteiger partial charge is 0.316 e. The van der Waals surface area contributed by atoms with Crippen LogP contribution in [0.25, 0.3) is 0 Å². The molecule has 1 aliphatic carbocycles. The third-order valence-electron chi connectivity index (χ3n) is 4.02. The van der Waals surface area contributed by atoms with Gasteiger partial charge in [-0.3, -0.25) is 0 Å². The zero-order chi connectivity index (χ0) is 12.5. The summed E-state index contributed by atoms with van der Waals surface area (Å²) in [6, 6.07) is 0. The van der Waals surface area contributed by atoms with Crippen molar-refractivity contribution in [3.63, 3.8) is 0 Å². The van der Waals surface area contributed by atoms with E-state index in [-0.39, 0.29) is 0 Å². The number of hydrogen-bond acceptors (Lipinski definition) is 1. The molecule has 0 aliphatic heterocycles. The van der Waals surface area contributed by atoms with Crippen molar-refractivity contribution in [1.29, 1.82) is 0 Å². The third kappa shape index (κ3) is 5.25. The average Bonchev–Trinajstić information content (AvgIpc) is 2.36. The van der Waals surface area contributed by atoms with Gasteiger partial charge in [-0.25, -0.2) is 0 Å². The summed E-state index contributed by atoms with van der Waals surface area (Å²) >= 11 is 0. The molecule has 2 atom stereocenters. The quantitative estimate of drug-likeness (QED) is 0.483. The minimum atomic E-state index is 0.793. The van der Waals surface area contributed by atoms with Crippen LogP contribution in [0.4, 0.5) is 0 Å². The Morgan fingerprint density at radius 2 is 2.06 bits per heavy atom. The third-order valence-corrected chi connectivity index (χ3v) is 4.02. The van der Waals surface area contributed by atoms with Gasteiger partial charge in [0.15, 0.2) is 0 Å². The van der Waals surface area contributed by atoms with E-state index in [9.17, 15) is 0 Å². The fourth-order valence-electron chi connectivity index (χ4n) is 2.99. The lowest BCUT2D eigenvalue weighted by Gasteiger charge is -2.29. The summed E-state index contributed by atoms with van der Waals surface area (Å²) in [5.41, 5.74) is 1.75. The van der Waals surface area contributed by atoms with Gasteiger partial charge in [-0.15, -0.1) is 0 Å². The summed E-state index contributed by atoms with van der Waals surface area (Å²) in [4.78, 5) is 0. The first-order valence-electron chi connectivity index (χ1n) is 7.69. The van der Waals surface area contributed by atoms with Crippen LogP contribution >= 0.6 is 0 Å². The van der Waals surface area contributed by atoms with Crippen LogP contribution in [0, 0.1) is 11.8 Å². The minimum Gasteiger partial charge on any atom is -0.316 e. The molecule has 1 nitrogen and oxygen atoms in total. The lowest BCUT2D eigenvalue weighted by atomic mass is 9.80. The highest BCUT2D eigenvalue weighted by atomic mass is 14.9. The Bertz CT molecular complexity index is 220. The molecular formula is C16H31N. The van der Waals surface area contributed by atoms with Crippen LogP contribution in [0.15, 0.2) is 11.6 Å². The van der Waals surface area contributed by atoms with Gasteiger partial charge >= 0.3 is 0 Å². The average molecular weight is 237 g/mol. The Balaban J connectivity index is 2.53. The standard InChI is InChI=1S/C16H31N/c1-4-9-14(3)16(13-17-12-5-2)15-10-7-6-8-11-15/h10,14,16-17H,4-9,11-13H2,1-3H3. The molecular weight excluding hydrogens is 206 g/mol. The summed E-state index contributed by atoms with van der Waals surface area (Å²) in [5.74, 6) is 1.63. The van der Waals surface area contributed by atoms with Crippen molar-refractivity contribution >= 4 is 0 Å². The molecule has 2 unspecified atom stereocenters. The molecule has 0 amide bonds. The number of allylic oxidation sites excluding steroid dienone is 1. The fraction of sp³-hybridized carbons (Fsp3) is 0.875. The molecule has 0 aromatic rings. The first kappa shape index (κ1) is 14.8. The summed E-state index contributed by atoms with van der Waals surface area (Å²) in [6.07, 6.45) is 12.0. The van der Waals surface area contributed by atoms with Crippen molar-refractivity contribution in [3.8, 4) is 0 Å². The molecule has 0 aromatic heterocycles. The van der Waals surface area contributed by atoms with Crippen molar-refractivity contribution in [2.45, 2.75) is 65.7 Å². The van der Waals surface area contributed by atoms with Gasteiger partial charge < -0.3 is 5.32 Å². The molecule has 0 saturated carbocycles. The predicted octanol–water partition coefficient (Wildman–Crippen LogP) is 4.54. The van der Waals surface area contributed by atoms with Crippen molar-refractivity contribution in [2.75, 3.05) is 13.1 Å². The Labute approximate surface area is 108 Å². The zero-order valence-electron chi connectivity index (χ0n) is 12.1. The molecule has 0 bridgehead atoms. The predicted molar refractivity (Wildman–Crippen MR) is 77.3 cm³/mol. The van der Waals surface area contributed by atoms with Crippen LogP contribution in [0.1, 0.15) is 65.7 Å². The summed E-state index contributed by atoms with van der Waals surface area (Å²) in [6.45, 7) is 9.36. The van der Waals surface area contributed by atoms with Gasteiger partial charge in [0.2, 0.25) is 0 Å². The molecule has 0 fully saturated rings. The van der Waals surface area contributed by atoms with Crippen LogP contribution < -0.4 is 5.32 Å². The summed E-state index contributed by atoms with van der Waals surface area (Å²) in [7, 11) is 0. The van der Waals surface area contributed by atoms with E-state index in [1.807, 2.05) is 0 Å². The molecule has 1 heteroatoms. The Morgan fingerprint density at radius 1 is 1.24 bits per heavy atom. The molecule has 0 spiro atoms. The van der Waals surface area contributed by atoms with Crippen LogP contribution in [0.3, 0.4) is 0 Å². The highest BCUT2D eigenvalue weighted by molar-refractivity contribution is 5.11. The lowest BCUT2D eigenvalue weighted by molar-refractivity contribution is 0.350. The highest BCUT2D eigenvalue weighted by Crippen LogP contribution is 2.31. The first-order valence-corrected chi connectivity index (χ1v) is 7.69. The van der Waals surface area contributed by atoms with E-state index in [2.05, 4.69) is 32.2 Å². The van der Waals surface area contributed by atoms with Gasteiger partial charge in [0, 0.05) is 6.54 Å². The van der Waals surface area contributed by atoms with Crippen LogP contribution in [-0.4, -0.2) is 13.1 Å². The minimum absolute atomic E-state index is 0.793.